The Hall–Kier alpha value is -2.97. The van der Waals surface area contributed by atoms with E-state index in [1.807, 2.05) is 4.90 Å². The fourth-order valence-corrected chi connectivity index (χ4v) is 4.40. The molecule has 2 aromatic rings. The number of rotatable bonds is 5. The second kappa shape index (κ2) is 8.64. The molecule has 2 aromatic heterocycles. The number of amides is 1. The first-order valence-electron chi connectivity index (χ1n) is 11.3. The van der Waals surface area contributed by atoms with E-state index in [9.17, 15) is 9.59 Å². The van der Waals surface area contributed by atoms with E-state index in [0.29, 0.717) is 19.0 Å². The molecule has 9 nitrogen and oxygen atoms in total. The summed E-state index contributed by atoms with van der Waals surface area (Å²) in [4.78, 5) is 44.7. The number of carbonyl (C=O) groups is 1. The van der Waals surface area contributed by atoms with Gasteiger partial charge in [-0.25, -0.2) is 15.0 Å². The molecule has 0 N–H and O–H groups in total. The van der Waals surface area contributed by atoms with E-state index in [1.165, 1.54) is 30.2 Å². The van der Waals surface area contributed by atoms with Gasteiger partial charge in [0.15, 0.2) is 0 Å². The van der Waals surface area contributed by atoms with Gasteiger partial charge in [-0.05, 0) is 32.1 Å². The van der Waals surface area contributed by atoms with Crippen LogP contribution in [0.15, 0.2) is 29.6 Å². The first-order chi connectivity index (χ1) is 15.2. The third-order valence-electron chi connectivity index (χ3n) is 6.48. The Morgan fingerprint density at radius 3 is 2.19 bits per heavy atom. The Kier molecular flexibility index (Phi) is 5.57. The molecular weight excluding hydrogens is 394 g/mol. The molecule has 5 rings (SSSR count). The minimum atomic E-state index is -0.143. The third kappa shape index (κ3) is 4.55. The summed E-state index contributed by atoms with van der Waals surface area (Å²) in [5.74, 6) is 2.30. The molecule has 1 aliphatic carbocycles. The van der Waals surface area contributed by atoms with Crippen LogP contribution < -0.4 is 15.4 Å². The number of carbonyl (C=O) groups excluding carboxylic acids is 1. The van der Waals surface area contributed by atoms with Crippen molar-refractivity contribution in [2.24, 2.45) is 0 Å². The van der Waals surface area contributed by atoms with Crippen molar-refractivity contribution in [2.75, 3.05) is 49.1 Å². The van der Waals surface area contributed by atoms with Crippen molar-refractivity contribution in [3.05, 3.63) is 40.8 Å². The average Bonchev–Trinajstić information content (AvgIpc) is 3.67. The topological polar surface area (TPSA) is 87.5 Å². The van der Waals surface area contributed by atoms with Crippen molar-refractivity contribution in [2.45, 2.75) is 44.6 Å². The Bertz CT molecular complexity index is 989. The molecule has 0 aromatic carbocycles. The first-order valence-corrected chi connectivity index (χ1v) is 11.3. The van der Waals surface area contributed by atoms with Crippen LogP contribution in [0.2, 0.25) is 0 Å². The summed E-state index contributed by atoms with van der Waals surface area (Å²) >= 11 is 0. The zero-order chi connectivity index (χ0) is 21.2. The monoisotopic (exact) mass is 423 g/mol. The lowest BCUT2D eigenvalue weighted by Gasteiger charge is -2.36. The summed E-state index contributed by atoms with van der Waals surface area (Å²) in [7, 11) is 0. The predicted molar refractivity (Wildman–Crippen MR) is 117 cm³/mol. The minimum Gasteiger partial charge on any atom is -0.356 e. The molecular formula is C22H29N7O2. The lowest BCUT2D eigenvalue weighted by atomic mass is 10.1. The molecule has 9 heteroatoms. The van der Waals surface area contributed by atoms with E-state index < -0.39 is 0 Å². The summed E-state index contributed by atoms with van der Waals surface area (Å²) in [6.45, 7) is 4.81. The van der Waals surface area contributed by atoms with Crippen LogP contribution in [0.1, 0.15) is 43.7 Å². The predicted octanol–water partition coefficient (Wildman–Crippen LogP) is 1.25. The van der Waals surface area contributed by atoms with Crippen LogP contribution in [0.5, 0.6) is 0 Å². The Morgan fingerprint density at radius 1 is 0.871 bits per heavy atom. The van der Waals surface area contributed by atoms with E-state index in [4.69, 9.17) is 0 Å². The van der Waals surface area contributed by atoms with Crippen LogP contribution in [-0.4, -0.2) is 69.6 Å². The zero-order valence-electron chi connectivity index (χ0n) is 17.8. The average molecular weight is 424 g/mol. The van der Waals surface area contributed by atoms with Gasteiger partial charge >= 0.3 is 0 Å². The Labute approximate surface area is 181 Å². The van der Waals surface area contributed by atoms with Gasteiger partial charge in [-0.3, -0.25) is 14.2 Å². The lowest BCUT2D eigenvalue weighted by Crippen LogP contribution is -2.50. The molecule has 2 saturated heterocycles. The summed E-state index contributed by atoms with van der Waals surface area (Å²) in [5, 5.41) is 0. The second-order valence-electron chi connectivity index (χ2n) is 8.70. The molecule has 3 aliphatic rings. The molecule has 1 amide bonds. The highest BCUT2D eigenvalue weighted by molar-refractivity contribution is 5.76. The van der Waals surface area contributed by atoms with Crippen molar-refractivity contribution >= 4 is 17.5 Å². The van der Waals surface area contributed by atoms with E-state index in [2.05, 4.69) is 30.8 Å². The molecule has 2 aliphatic heterocycles. The SMILES string of the molecule is O=C(Cn1cnc(C2CC2)cc1=O)N1CCN(c2cc(N3CCCCC3)ncn2)CC1. The maximum atomic E-state index is 12.7. The van der Waals surface area contributed by atoms with Gasteiger partial charge < -0.3 is 14.7 Å². The fourth-order valence-electron chi connectivity index (χ4n) is 4.40. The minimum absolute atomic E-state index is 0.0422. The fraction of sp³-hybridized carbons (Fsp3) is 0.591. The maximum Gasteiger partial charge on any atom is 0.254 e. The van der Waals surface area contributed by atoms with Gasteiger partial charge in [-0.2, -0.15) is 0 Å². The molecule has 0 radical (unpaired) electrons. The van der Waals surface area contributed by atoms with Crippen LogP contribution in [0.25, 0.3) is 0 Å². The Balaban J connectivity index is 1.17. The van der Waals surface area contributed by atoms with E-state index in [0.717, 1.165) is 56.4 Å². The van der Waals surface area contributed by atoms with Gasteiger partial charge in [-0.1, -0.05) is 0 Å². The molecule has 31 heavy (non-hydrogen) atoms. The second-order valence-corrected chi connectivity index (χ2v) is 8.70. The van der Waals surface area contributed by atoms with E-state index in [-0.39, 0.29) is 18.0 Å². The summed E-state index contributed by atoms with van der Waals surface area (Å²) in [6, 6.07) is 3.65. The van der Waals surface area contributed by atoms with Crippen LogP contribution >= 0.6 is 0 Å². The number of hydrogen-bond donors (Lipinski definition) is 0. The highest BCUT2D eigenvalue weighted by Gasteiger charge is 2.26. The molecule has 4 heterocycles. The molecule has 3 fully saturated rings. The normalized spacial score (nSPS) is 19.5. The summed E-state index contributed by atoms with van der Waals surface area (Å²) in [6.07, 6.45) is 9.08. The largest absolute Gasteiger partial charge is 0.356 e. The number of piperazine rings is 1. The van der Waals surface area contributed by atoms with E-state index >= 15 is 0 Å². The third-order valence-corrected chi connectivity index (χ3v) is 6.48. The molecule has 0 bridgehead atoms. The van der Waals surface area contributed by atoms with Gasteiger partial charge in [0.1, 0.15) is 24.5 Å². The smallest absolute Gasteiger partial charge is 0.254 e. The molecule has 0 spiro atoms. The molecule has 164 valence electrons. The molecule has 0 unspecified atom stereocenters. The maximum absolute atomic E-state index is 12.7. The molecule has 1 saturated carbocycles. The highest BCUT2D eigenvalue weighted by Crippen LogP contribution is 2.38. The van der Waals surface area contributed by atoms with Crippen LogP contribution in [-0.2, 0) is 11.3 Å². The standard InChI is InChI=1S/C22H29N7O2/c30-21-12-18(17-4-5-17)25-16-29(21)14-22(31)28-10-8-27(9-11-28)20-13-19(23-15-24-20)26-6-2-1-3-7-26/h12-13,15-17H,1-11,14H2. The quantitative estimate of drug-likeness (QED) is 0.715. The van der Waals surface area contributed by atoms with E-state index in [1.54, 1.807) is 12.4 Å². The highest BCUT2D eigenvalue weighted by atomic mass is 16.2. The van der Waals surface area contributed by atoms with Gasteiger partial charge in [0, 0.05) is 57.3 Å². The van der Waals surface area contributed by atoms with Crippen LogP contribution in [0.3, 0.4) is 0 Å². The van der Waals surface area contributed by atoms with Crippen molar-refractivity contribution < 1.29 is 4.79 Å². The van der Waals surface area contributed by atoms with Crippen molar-refractivity contribution in [1.29, 1.82) is 0 Å². The van der Waals surface area contributed by atoms with Crippen molar-refractivity contribution in [3.8, 4) is 0 Å². The molecule has 0 atom stereocenters. The number of piperidine rings is 1. The van der Waals surface area contributed by atoms with Gasteiger partial charge in [0.05, 0.1) is 12.0 Å². The summed E-state index contributed by atoms with van der Waals surface area (Å²) < 4.78 is 1.41. The Morgan fingerprint density at radius 2 is 1.55 bits per heavy atom. The van der Waals surface area contributed by atoms with Crippen molar-refractivity contribution in [3.63, 3.8) is 0 Å². The number of nitrogens with zero attached hydrogens (tertiary/aromatic N) is 7. The number of hydrogen-bond acceptors (Lipinski definition) is 7. The summed E-state index contributed by atoms with van der Waals surface area (Å²) in [5.41, 5.74) is 0.714. The number of aromatic nitrogens is 4. The van der Waals surface area contributed by atoms with Crippen LogP contribution in [0, 0.1) is 0 Å². The number of anilines is 2. The lowest BCUT2D eigenvalue weighted by molar-refractivity contribution is -0.132. The van der Waals surface area contributed by atoms with Crippen molar-refractivity contribution in [1.82, 2.24) is 24.4 Å². The first kappa shape index (κ1) is 20.0. The van der Waals surface area contributed by atoms with Gasteiger partial charge in [-0.15, -0.1) is 0 Å². The van der Waals surface area contributed by atoms with Crippen LogP contribution in [0.4, 0.5) is 11.6 Å². The van der Waals surface area contributed by atoms with Gasteiger partial charge in [0.25, 0.3) is 5.56 Å². The van der Waals surface area contributed by atoms with Gasteiger partial charge in [0.2, 0.25) is 5.91 Å². The zero-order valence-corrected chi connectivity index (χ0v) is 17.8.